The first kappa shape index (κ1) is 25.9. The van der Waals surface area contributed by atoms with Gasteiger partial charge in [-0.3, -0.25) is 4.72 Å². The number of carboxylic acids is 1. The number of hydrogen-bond donors (Lipinski definition) is 2. The first-order valence-electron chi connectivity index (χ1n) is 12.1. The average Bonchev–Trinajstić information content (AvgIpc) is 2.96. The van der Waals surface area contributed by atoms with Crippen LogP contribution in [-0.2, 0) is 23.3 Å². The fraction of sp³-hybridized carbons (Fsp3) is 0.0645. The van der Waals surface area contributed by atoms with E-state index < -0.39 is 22.7 Å². The molecule has 39 heavy (non-hydrogen) atoms. The normalized spacial score (nSPS) is 11.3. The number of ether oxygens (including phenoxy) is 1. The average molecular weight is 542 g/mol. The molecule has 5 rings (SSSR count). The Morgan fingerprint density at radius 3 is 2.26 bits per heavy atom. The Morgan fingerprint density at radius 2 is 1.51 bits per heavy atom. The highest BCUT2D eigenvalue weighted by molar-refractivity contribution is 7.92. The SMILES string of the molecule is O=C(O)c1cc(-c2ccc(COc3cccc(CF)c3)cc2)ccc1NS(=O)(=O)c1ccc2ccccc2c1. The number of benzene rings is 5. The van der Waals surface area contributed by atoms with Crippen molar-refractivity contribution in [2.45, 2.75) is 18.2 Å². The highest BCUT2D eigenvalue weighted by Gasteiger charge is 2.20. The third-order valence-electron chi connectivity index (χ3n) is 6.27. The first-order valence-corrected chi connectivity index (χ1v) is 13.6. The third-order valence-corrected chi connectivity index (χ3v) is 7.63. The Kier molecular flexibility index (Phi) is 7.29. The summed E-state index contributed by atoms with van der Waals surface area (Å²) in [6.07, 6.45) is 0. The molecule has 0 aromatic heterocycles. The quantitative estimate of drug-likeness (QED) is 0.209. The van der Waals surface area contributed by atoms with Gasteiger partial charge in [-0.1, -0.05) is 72.8 Å². The molecular formula is C31H24FNO5S. The summed E-state index contributed by atoms with van der Waals surface area (Å²) in [5, 5.41) is 11.5. The number of carboxylic acid groups (broad SMARTS) is 1. The zero-order valence-electron chi connectivity index (χ0n) is 20.7. The summed E-state index contributed by atoms with van der Waals surface area (Å²) in [6, 6.07) is 30.9. The molecule has 0 aliphatic heterocycles. The van der Waals surface area contributed by atoms with Crippen LogP contribution in [-0.4, -0.2) is 19.5 Å². The minimum atomic E-state index is -4.03. The number of anilines is 1. The molecule has 0 aliphatic rings. The van der Waals surface area contributed by atoms with Gasteiger partial charge in [0.05, 0.1) is 16.1 Å². The van der Waals surface area contributed by atoms with Crippen LogP contribution in [0.2, 0.25) is 0 Å². The van der Waals surface area contributed by atoms with Crippen LogP contribution in [0.3, 0.4) is 0 Å². The number of aromatic carboxylic acids is 1. The van der Waals surface area contributed by atoms with Crippen LogP contribution in [0.25, 0.3) is 21.9 Å². The van der Waals surface area contributed by atoms with Gasteiger partial charge < -0.3 is 9.84 Å². The van der Waals surface area contributed by atoms with Gasteiger partial charge in [0.1, 0.15) is 19.0 Å². The summed E-state index contributed by atoms with van der Waals surface area (Å²) in [4.78, 5) is 12.1. The van der Waals surface area contributed by atoms with Gasteiger partial charge in [-0.05, 0) is 69.4 Å². The van der Waals surface area contributed by atoms with Crippen LogP contribution in [0.1, 0.15) is 21.5 Å². The van der Waals surface area contributed by atoms with E-state index in [1.165, 1.54) is 18.2 Å². The Bertz CT molecular complexity index is 1770. The number of alkyl halides is 1. The highest BCUT2D eigenvalue weighted by Crippen LogP contribution is 2.29. The molecule has 196 valence electrons. The van der Waals surface area contributed by atoms with Crippen molar-refractivity contribution >= 4 is 32.5 Å². The van der Waals surface area contributed by atoms with Gasteiger partial charge in [0.2, 0.25) is 0 Å². The zero-order valence-corrected chi connectivity index (χ0v) is 21.5. The molecule has 6 nitrogen and oxygen atoms in total. The molecule has 0 saturated heterocycles. The van der Waals surface area contributed by atoms with Gasteiger partial charge in [-0.2, -0.15) is 0 Å². The number of sulfonamides is 1. The standard InChI is InChI=1S/C31H24FNO5S/c32-19-22-4-3-7-27(16-22)38-20-21-8-10-24(11-9-21)26-13-15-30(29(18-26)31(34)35)33-39(36,37)28-14-12-23-5-1-2-6-25(23)17-28/h1-18,33H,19-20H2,(H,34,35). The Hall–Kier alpha value is -4.69. The summed E-state index contributed by atoms with van der Waals surface area (Å²) in [5.41, 5.74) is 2.59. The van der Waals surface area contributed by atoms with Gasteiger partial charge in [0.15, 0.2) is 0 Å². The van der Waals surface area contributed by atoms with E-state index in [0.29, 0.717) is 16.9 Å². The van der Waals surface area contributed by atoms with Gasteiger partial charge in [0, 0.05) is 0 Å². The predicted octanol–water partition coefficient (Wildman–Crippen LogP) is 7.05. The number of hydrogen-bond acceptors (Lipinski definition) is 4. The number of fused-ring (bicyclic) bond motifs is 1. The summed E-state index contributed by atoms with van der Waals surface area (Å²) >= 11 is 0. The van der Waals surface area contributed by atoms with E-state index in [1.807, 2.05) is 48.5 Å². The fourth-order valence-corrected chi connectivity index (χ4v) is 5.32. The lowest BCUT2D eigenvalue weighted by Gasteiger charge is -2.13. The Balaban J connectivity index is 1.34. The summed E-state index contributed by atoms with van der Waals surface area (Å²) in [7, 11) is -4.03. The molecule has 5 aromatic carbocycles. The van der Waals surface area contributed by atoms with Gasteiger partial charge in [-0.25, -0.2) is 17.6 Å². The lowest BCUT2D eigenvalue weighted by Crippen LogP contribution is -2.15. The van der Waals surface area contributed by atoms with Crippen LogP contribution in [0.15, 0.2) is 114 Å². The van der Waals surface area contributed by atoms with E-state index in [1.54, 1.807) is 42.5 Å². The topological polar surface area (TPSA) is 92.7 Å². The van der Waals surface area contributed by atoms with E-state index in [2.05, 4.69) is 4.72 Å². The van der Waals surface area contributed by atoms with Crippen molar-refractivity contribution in [2.24, 2.45) is 0 Å². The molecule has 0 spiro atoms. The molecule has 0 unspecified atom stereocenters. The van der Waals surface area contributed by atoms with Crippen molar-refractivity contribution in [3.05, 3.63) is 126 Å². The van der Waals surface area contributed by atoms with E-state index >= 15 is 0 Å². The maximum Gasteiger partial charge on any atom is 0.337 e. The van der Waals surface area contributed by atoms with Crippen LogP contribution in [0.5, 0.6) is 5.75 Å². The molecular weight excluding hydrogens is 517 g/mol. The van der Waals surface area contributed by atoms with E-state index in [9.17, 15) is 22.7 Å². The second-order valence-electron chi connectivity index (χ2n) is 8.95. The number of nitrogens with one attached hydrogen (secondary N) is 1. The highest BCUT2D eigenvalue weighted by atomic mass is 32.2. The molecule has 8 heteroatoms. The molecule has 0 heterocycles. The second-order valence-corrected chi connectivity index (χ2v) is 10.6. The van der Waals surface area contributed by atoms with Gasteiger partial charge >= 0.3 is 5.97 Å². The fourth-order valence-electron chi connectivity index (χ4n) is 4.21. The van der Waals surface area contributed by atoms with E-state index in [-0.39, 0.29) is 22.8 Å². The molecule has 0 saturated carbocycles. The lowest BCUT2D eigenvalue weighted by molar-refractivity contribution is 0.0698. The van der Waals surface area contributed by atoms with Crippen molar-refractivity contribution in [1.82, 2.24) is 0 Å². The maximum absolute atomic E-state index is 13.1. The largest absolute Gasteiger partial charge is 0.489 e. The molecule has 0 amide bonds. The molecule has 5 aromatic rings. The van der Waals surface area contributed by atoms with Crippen molar-refractivity contribution in [2.75, 3.05) is 4.72 Å². The van der Waals surface area contributed by atoms with Crippen LogP contribution in [0.4, 0.5) is 10.1 Å². The van der Waals surface area contributed by atoms with Gasteiger partial charge in [-0.15, -0.1) is 0 Å². The third kappa shape index (κ3) is 5.91. The van der Waals surface area contributed by atoms with Crippen molar-refractivity contribution < 1.29 is 27.4 Å². The number of rotatable bonds is 9. The second kappa shape index (κ2) is 11.0. The van der Waals surface area contributed by atoms with Crippen molar-refractivity contribution in [3.8, 4) is 16.9 Å². The molecule has 0 atom stereocenters. The van der Waals surface area contributed by atoms with Gasteiger partial charge in [0.25, 0.3) is 10.0 Å². The molecule has 0 radical (unpaired) electrons. The summed E-state index contributed by atoms with van der Waals surface area (Å²) in [6.45, 7) is -0.278. The minimum absolute atomic E-state index is 0.0278. The van der Waals surface area contributed by atoms with E-state index in [4.69, 9.17) is 4.74 Å². The first-order chi connectivity index (χ1) is 18.8. The Morgan fingerprint density at radius 1 is 0.769 bits per heavy atom. The number of halogens is 1. The molecule has 0 aliphatic carbocycles. The van der Waals surface area contributed by atoms with Crippen LogP contribution < -0.4 is 9.46 Å². The predicted molar refractivity (Wildman–Crippen MR) is 149 cm³/mol. The van der Waals surface area contributed by atoms with Crippen molar-refractivity contribution in [1.29, 1.82) is 0 Å². The lowest BCUT2D eigenvalue weighted by atomic mass is 10.0. The summed E-state index contributed by atoms with van der Waals surface area (Å²) in [5.74, 6) is -0.685. The van der Waals surface area contributed by atoms with Crippen LogP contribution >= 0.6 is 0 Å². The molecule has 0 fully saturated rings. The summed E-state index contributed by atoms with van der Waals surface area (Å²) < 4.78 is 47.2. The maximum atomic E-state index is 13.1. The monoisotopic (exact) mass is 541 g/mol. The van der Waals surface area contributed by atoms with E-state index in [0.717, 1.165) is 21.9 Å². The smallest absolute Gasteiger partial charge is 0.337 e. The Labute approximate surface area is 225 Å². The number of carbonyl (C=O) groups is 1. The molecule has 0 bridgehead atoms. The minimum Gasteiger partial charge on any atom is -0.489 e. The zero-order chi connectivity index (χ0) is 27.4. The molecule has 2 N–H and O–H groups in total. The van der Waals surface area contributed by atoms with Crippen LogP contribution in [0, 0.1) is 0 Å². The van der Waals surface area contributed by atoms with Crippen molar-refractivity contribution in [3.63, 3.8) is 0 Å².